The molecule has 1 aromatic rings. The molecule has 0 aliphatic carbocycles. The summed E-state index contributed by atoms with van der Waals surface area (Å²) in [6.45, 7) is 5.31. The van der Waals surface area contributed by atoms with E-state index in [0.717, 1.165) is 5.56 Å². The van der Waals surface area contributed by atoms with Crippen LogP contribution in [0.25, 0.3) is 0 Å². The Bertz CT molecular complexity index is 492. The summed E-state index contributed by atoms with van der Waals surface area (Å²) in [5.74, 6) is -0.389. The van der Waals surface area contributed by atoms with Gasteiger partial charge in [0.2, 0.25) is 0 Å². The molecule has 1 aliphatic heterocycles. The van der Waals surface area contributed by atoms with Crippen LogP contribution in [0.15, 0.2) is 30.3 Å². The first-order valence-corrected chi connectivity index (χ1v) is 6.57. The number of hydrogen-bond donors (Lipinski definition) is 0. The second kappa shape index (κ2) is 5.53. The first kappa shape index (κ1) is 14.4. The van der Waals surface area contributed by atoms with Crippen LogP contribution in [0.2, 0.25) is 0 Å². The fourth-order valence-corrected chi connectivity index (χ4v) is 1.98. The van der Waals surface area contributed by atoms with Gasteiger partial charge in [0, 0.05) is 6.42 Å². The van der Waals surface area contributed by atoms with Gasteiger partial charge in [-0.25, -0.2) is 9.59 Å². The molecule has 108 valence electrons. The maximum absolute atomic E-state index is 12.1. The van der Waals surface area contributed by atoms with Gasteiger partial charge in [-0.05, 0) is 26.3 Å². The summed E-state index contributed by atoms with van der Waals surface area (Å²) in [5.41, 5.74) is 0.380. The largest absolute Gasteiger partial charge is 0.444 e. The van der Waals surface area contributed by atoms with Gasteiger partial charge < -0.3 is 9.47 Å². The Morgan fingerprint density at radius 2 is 2.00 bits per heavy atom. The number of esters is 1. The molecule has 0 saturated carbocycles. The lowest BCUT2D eigenvalue weighted by Gasteiger charge is -2.25. The normalized spacial score (nSPS) is 18.9. The minimum Gasteiger partial charge on any atom is -0.444 e. The third-order valence-electron chi connectivity index (χ3n) is 2.89. The number of cyclic esters (lactones) is 1. The molecule has 1 atom stereocenters. The van der Waals surface area contributed by atoms with Gasteiger partial charge in [0.1, 0.15) is 11.6 Å². The van der Waals surface area contributed by atoms with Crippen molar-refractivity contribution in [3.63, 3.8) is 0 Å². The number of benzene rings is 1. The zero-order chi connectivity index (χ0) is 14.8. The quantitative estimate of drug-likeness (QED) is 0.779. The molecular formula is C15H19NO4. The Morgan fingerprint density at radius 3 is 2.60 bits per heavy atom. The first-order chi connectivity index (χ1) is 9.37. The van der Waals surface area contributed by atoms with Crippen LogP contribution in [0.4, 0.5) is 4.79 Å². The lowest BCUT2D eigenvalue weighted by atomic mass is 10.1. The highest BCUT2D eigenvalue weighted by Gasteiger charge is 2.39. The molecule has 0 N–H and O–H groups in total. The molecule has 1 aliphatic rings. The average molecular weight is 277 g/mol. The zero-order valence-corrected chi connectivity index (χ0v) is 12.0. The van der Waals surface area contributed by atoms with Gasteiger partial charge in [0.05, 0.1) is 0 Å². The fraction of sp³-hybridized carbons (Fsp3) is 0.467. The average Bonchev–Trinajstić information content (AvgIpc) is 2.70. The van der Waals surface area contributed by atoms with Gasteiger partial charge in [0.25, 0.3) is 0 Å². The summed E-state index contributed by atoms with van der Waals surface area (Å²) in [4.78, 5) is 25.2. The Balaban J connectivity index is 2.09. The molecular weight excluding hydrogens is 258 g/mol. The number of amides is 1. The van der Waals surface area contributed by atoms with E-state index < -0.39 is 17.7 Å². The van der Waals surface area contributed by atoms with Crippen LogP contribution in [-0.4, -0.2) is 35.3 Å². The van der Waals surface area contributed by atoms with Crippen molar-refractivity contribution in [2.75, 3.05) is 6.73 Å². The Labute approximate surface area is 118 Å². The molecule has 1 heterocycles. The number of ether oxygens (including phenoxy) is 2. The van der Waals surface area contributed by atoms with Crippen LogP contribution in [0, 0.1) is 0 Å². The van der Waals surface area contributed by atoms with Crippen LogP contribution >= 0.6 is 0 Å². The van der Waals surface area contributed by atoms with Crippen LogP contribution in [0.1, 0.15) is 26.3 Å². The molecule has 2 rings (SSSR count). The van der Waals surface area contributed by atoms with E-state index in [2.05, 4.69) is 0 Å². The van der Waals surface area contributed by atoms with Crippen molar-refractivity contribution in [3.8, 4) is 0 Å². The van der Waals surface area contributed by atoms with Gasteiger partial charge in [-0.1, -0.05) is 30.3 Å². The number of rotatable bonds is 2. The van der Waals surface area contributed by atoms with Gasteiger partial charge in [-0.15, -0.1) is 0 Å². The monoisotopic (exact) mass is 277 g/mol. The highest BCUT2D eigenvalue weighted by atomic mass is 16.6. The summed E-state index contributed by atoms with van der Waals surface area (Å²) in [7, 11) is 0. The smallest absolute Gasteiger partial charge is 0.413 e. The maximum Gasteiger partial charge on any atom is 0.413 e. The molecule has 1 amide bonds. The molecule has 1 unspecified atom stereocenters. The fourth-order valence-electron chi connectivity index (χ4n) is 1.98. The summed E-state index contributed by atoms with van der Waals surface area (Å²) in [5, 5.41) is 0. The van der Waals surface area contributed by atoms with Gasteiger partial charge >= 0.3 is 12.1 Å². The van der Waals surface area contributed by atoms with E-state index in [-0.39, 0.29) is 12.7 Å². The molecule has 0 radical (unpaired) electrons. The van der Waals surface area contributed by atoms with Crippen molar-refractivity contribution >= 4 is 12.1 Å². The van der Waals surface area contributed by atoms with E-state index in [1.54, 1.807) is 20.8 Å². The standard InChI is InChI=1S/C15H19NO4/c1-15(2,3)20-14(18)16-10-19-13(17)12(16)9-11-7-5-4-6-8-11/h4-8,12H,9-10H2,1-3H3. The van der Waals surface area contributed by atoms with E-state index in [1.165, 1.54) is 4.90 Å². The van der Waals surface area contributed by atoms with E-state index in [9.17, 15) is 9.59 Å². The van der Waals surface area contributed by atoms with Crippen molar-refractivity contribution < 1.29 is 19.1 Å². The van der Waals surface area contributed by atoms with E-state index in [1.807, 2.05) is 30.3 Å². The van der Waals surface area contributed by atoms with Gasteiger partial charge in [0.15, 0.2) is 6.73 Å². The topological polar surface area (TPSA) is 55.8 Å². The molecule has 20 heavy (non-hydrogen) atoms. The number of carbonyl (C=O) groups excluding carboxylic acids is 2. The molecule has 0 spiro atoms. The SMILES string of the molecule is CC(C)(C)OC(=O)N1COC(=O)C1Cc1ccccc1. The molecule has 1 saturated heterocycles. The van der Waals surface area contributed by atoms with Crippen molar-refractivity contribution in [1.29, 1.82) is 0 Å². The number of nitrogens with zero attached hydrogens (tertiary/aromatic N) is 1. The predicted molar refractivity (Wildman–Crippen MR) is 73.0 cm³/mol. The maximum atomic E-state index is 12.1. The van der Waals surface area contributed by atoms with Crippen LogP contribution in [0.5, 0.6) is 0 Å². The highest BCUT2D eigenvalue weighted by Crippen LogP contribution is 2.20. The molecule has 1 aromatic carbocycles. The summed E-state index contributed by atoms with van der Waals surface area (Å²) in [6.07, 6.45) is -0.0943. The number of carbonyl (C=O) groups is 2. The van der Waals surface area contributed by atoms with Gasteiger partial charge in [-0.3, -0.25) is 4.90 Å². The van der Waals surface area contributed by atoms with E-state index in [0.29, 0.717) is 6.42 Å². The van der Waals surface area contributed by atoms with Gasteiger partial charge in [-0.2, -0.15) is 0 Å². The van der Waals surface area contributed by atoms with Crippen LogP contribution < -0.4 is 0 Å². The van der Waals surface area contributed by atoms with Crippen LogP contribution in [-0.2, 0) is 20.7 Å². The second-order valence-electron chi connectivity index (χ2n) is 5.75. The third-order valence-corrected chi connectivity index (χ3v) is 2.89. The zero-order valence-electron chi connectivity index (χ0n) is 12.0. The van der Waals surface area contributed by atoms with Crippen molar-refractivity contribution in [2.24, 2.45) is 0 Å². The predicted octanol–water partition coefficient (Wildman–Crippen LogP) is 2.35. The molecule has 1 fully saturated rings. The third kappa shape index (κ3) is 3.50. The minimum absolute atomic E-state index is 0.0504. The Kier molecular flexibility index (Phi) is 3.97. The second-order valence-corrected chi connectivity index (χ2v) is 5.75. The Morgan fingerprint density at radius 1 is 1.35 bits per heavy atom. The minimum atomic E-state index is -0.618. The van der Waals surface area contributed by atoms with E-state index >= 15 is 0 Å². The van der Waals surface area contributed by atoms with E-state index in [4.69, 9.17) is 9.47 Å². The summed E-state index contributed by atoms with van der Waals surface area (Å²) in [6, 6.07) is 8.91. The first-order valence-electron chi connectivity index (χ1n) is 6.57. The lowest BCUT2D eigenvalue weighted by Crippen LogP contribution is -2.42. The van der Waals surface area contributed by atoms with Crippen molar-refractivity contribution in [1.82, 2.24) is 4.90 Å². The van der Waals surface area contributed by atoms with Crippen LogP contribution in [0.3, 0.4) is 0 Å². The summed E-state index contributed by atoms with van der Waals surface area (Å²) < 4.78 is 10.3. The highest BCUT2D eigenvalue weighted by molar-refractivity contribution is 5.84. The molecule has 0 bridgehead atoms. The molecule has 5 nitrogen and oxygen atoms in total. The Hall–Kier alpha value is -2.04. The number of hydrogen-bond acceptors (Lipinski definition) is 4. The summed E-state index contributed by atoms with van der Waals surface area (Å²) >= 11 is 0. The molecule has 0 aromatic heterocycles. The van der Waals surface area contributed by atoms with Crippen molar-refractivity contribution in [3.05, 3.63) is 35.9 Å². The lowest BCUT2D eigenvalue weighted by molar-refractivity contribution is -0.139. The molecule has 5 heteroatoms. The van der Waals surface area contributed by atoms with Crippen molar-refractivity contribution in [2.45, 2.75) is 38.8 Å².